The number of aliphatic hydroxyl groups excluding tert-OH is 2. The van der Waals surface area contributed by atoms with Gasteiger partial charge in [0.05, 0.1) is 19.8 Å². The molecule has 0 radical (unpaired) electrons. The molecule has 21 heteroatoms. The van der Waals surface area contributed by atoms with Crippen molar-refractivity contribution in [1.82, 2.24) is 4.98 Å². The molecule has 0 amide bonds. The van der Waals surface area contributed by atoms with Crippen molar-refractivity contribution in [2.24, 2.45) is 40.3 Å². The summed E-state index contributed by atoms with van der Waals surface area (Å²) in [5.74, 6) is -6.17. The molecule has 0 spiro atoms. The van der Waals surface area contributed by atoms with E-state index in [1.807, 2.05) is 30.5 Å². The van der Waals surface area contributed by atoms with Gasteiger partial charge in [0, 0.05) is 23.5 Å². The number of nitrogens with two attached hydrogens (primary N) is 6. The molecule has 1 heterocycles. The van der Waals surface area contributed by atoms with E-state index in [0.29, 0.717) is 6.42 Å². The highest BCUT2D eigenvalue weighted by Gasteiger charge is 2.15. The highest BCUT2D eigenvalue weighted by atomic mass is 16.4. The molecule has 0 aliphatic heterocycles. The van der Waals surface area contributed by atoms with Gasteiger partial charge in [-0.15, -0.1) is 0 Å². The van der Waals surface area contributed by atoms with Crippen LogP contribution in [-0.2, 0) is 35.2 Å². The number of para-hydroxylation sites is 1. The SMILES string of the molecule is CC(C)[C@H](N)C(=O)O.C[C@H](N)C(=O)O.NCC(=O)O.N[C@@H](CO)C(=O)O.N[C@@H](CO)C(=O)O.N[C@@H](Cc1c[nH]c2ccccc12)C(=O)O. The summed E-state index contributed by atoms with van der Waals surface area (Å²) in [7, 11) is 0. The lowest BCUT2D eigenvalue weighted by molar-refractivity contribution is -0.140. The van der Waals surface area contributed by atoms with Crippen LogP contribution in [0, 0.1) is 5.92 Å². The Morgan fingerprint density at radius 1 is 0.667 bits per heavy atom. The van der Waals surface area contributed by atoms with Gasteiger partial charge in [-0.3, -0.25) is 28.8 Å². The van der Waals surface area contributed by atoms with Gasteiger partial charge in [0.1, 0.15) is 30.2 Å². The summed E-state index contributed by atoms with van der Waals surface area (Å²) in [5, 5.41) is 65.2. The van der Waals surface area contributed by atoms with E-state index >= 15 is 0 Å². The first-order valence-electron chi connectivity index (χ1n) is 13.6. The summed E-state index contributed by atoms with van der Waals surface area (Å²) in [5.41, 5.74) is 31.5. The monoisotopic (exact) mass is 695 g/mol. The van der Waals surface area contributed by atoms with Crippen LogP contribution < -0.4 is 34.4 Å². The zero-order valence-corrected chi connectivity index (χ0v) is 26.7. The fraction of sp³-hybridized carbons (Fsp3) is 0.481. The van der Waals surface area contributed by atoms with Gasteiger partial charge in [0.2, 0.25) is 0 Å². The van der Waals surface area contributed by atoms with Crippen LogP contribution in [0.3, 0.4) is 0 Å². The number of benzene rings is 1. The predicted octanol–water partition coefficient (Wildman–Crippen LogP) is -3.59. The van der Waals surface area contributed by atoms with Crippen LogP contribution in [0.1, 0.15) is 26.3 Å². The molecule has 0 unspecified atom stereocenters. The third kappa shape index (κ3) is 27.6. The number of nitrogens with one attached hydrogen (secondary N) is 1. The molecule has 0 bridgehead atoms. The predicted molar refractivity (Wildman–Crippen MR) is 171 cm³/mol. The van der Waals surface area contributed by atoms with Crippen LogP contribution in [0.25, 0.3) is 10.9 Å². The van der Waals surface area contributed by atoms with Crippen LogP contribution in [0.4, 0.5) is 0 Å². The number of carboxylic acids is 6. The van der Waals surface area contributed by atoms with Crippen molar-refractivity contribution in [3.8, 4) is 0 Å². The van der Waals surface area contributed by atoms with Crippen LogP contribution in [0.2, 0.25) is 0 Å². The third-order valence-electron chi connectivity index (χ3n) is 5.03. The largest absolute Gasteiger partial charge is 0.480 e. The Bertz CT molecular complexity index is 1220. The number of fused-ring (bicyclic) bond motifs is 1. The minimum atomic E-state index is -1.18. The van der Waals surface area contributed by atoms with E-state index in [4.69, 9.17) is 69.5 Å². The summed E-state index contributed by atoms with van der Waals surface area (Å²) in [6.45, 7) is 3.69. The van der Waals surface area contributed by atoms with Crippen molar-refractivity contribution in [2.45, 2.75) is 57.4 Å². The molecule has 2 aromatic rings. The summed E-state index contributed by atoms with van der Waals surface area (Å²) < 4.78 is 0. The molecule has 0 saturated heterocycles. The zero-order valence-electron chi connectivity index (χ0n) is 26.7. The van der Waals surface area contributed by atoms with E-state index in [1.165, 1.54) is 6.92 Å². The molecule has 1 aromatic heterocycles. The van der Waals surface area contributed by atoms with E-state index in [0.717, 1.165) is 16.5 Å². The number of aromatic nitrogens is 1. The number of aliphatic carboxylic acids is 6. The number of aromatic amines is 1. The molecule has 48 heavy (non-hydrogen) atoms. The van der Waals surface area contributed by atoms with E-state index in [-0.39, 0.29) is 12.5 Å². The molecule has 0 saturated carbocycles. The summed E-state index contributed by atoms with van der Waals surface area (Å²) in [6.07, 6.45) is 2.16. The summed E-state index contributed by atoms with van der Waals surface area (Å²) >= 11 is 0. The number of carboxylic acid groups (broad SMARTS) is 6. The number of hydrogen-bond donors (Lipinski definition) is 15. The average Bonchev–Trinajstić information content (AvgIpc) is 3.43. The summed E-state index contributed by atoms with van der Waals surface area (Å²) in [4.78, 5) is 61.8. The summed E-state index contributed by atoms with van der Waals surface area (Å²) in [6, 6.07) is 3.22. The third-order valence-corrected chi connectivity index (χ3v) is 5.03. The Morgan fingerprint density at radius 3 is 1.27 bits per heavy atom. The number of rotatable bonds is 11. The standard InChI is InChI=1S/C11H12N2O2.C5H11NO2.2C3H7NO3.C3H7NO2.C2H5NO2/c12-9(11(14)15)5-7-6-13-10-4-2-1-3-8(7)10;1-3(2)4(6)5(7)8;2*4-2(1-5)3(6)7;1-2(4)3(5)6;3-1-2(4)5/h1-4,6,9,13H,5,12H2,(H,14,15);3-4H,6H2,1-2H3,(H,7,8);2*2,5H,1,4H2,(H,6,7);2H,4H2,1H3,(H,5,6);1,3H2,(H,4,5)/t9-;4-;3*2-;/m00000./s1. The second kappa shape index (κ2) is 28.5. The average molecular weight is 696 g/mol. The van der Waals surface area contributed by atoms with E-state index in [9.17, 15) is 28.8 Å². The number of hydrogen-bond acceptors (Lipinski definition) is 14. The highest BCUT2D eigenvalue weighted by molar-refractivity contribution is 5.84. The molecule has 0 aliphatic rings. The Balaban J connectivity index is -0.000000256. The second-order valence-electron chi connectivity index (χ2n) is 9.60. The Labute approximate surface area is 275 Å². The van der Waals surface area contributed by atoms with Crippen molar-refractivity contribution >= 4 is 46.7 Å². The maximum Gasteiger partial charge on any atom is 0.322 e. The van der Waals surface area contributed by atoms with Crippen molar-refractivity contribution in [1.29, 1.82) is 0 Å². The Kier molecular flexibility index (Phi) is 29.7. The van der Waals surface area contributed by atoms with E-state index in [1.54, 1.807) is 13.8 Å². The number of carbonyl (C=O) groups is 6. The van der Waals surface area contributed by atoms with Gasteiger partial charge in [-0.25, -0.2) is 0 Å². The number of H-pyrrole nitrogens is 1. The number of aliphatic hydroxyl groups is 2. The van der Waals surface area contributed by atoms with Crippen molar-refractivity contribution in [3.63, 3.8) is 0 Å². The lowest BCUT2D eigenvalue weighted by Crippen LogP contribution is -2.34. The Morgan fingerprint density at radius 2 is 1.04 bits per heavy atom. The first-order valence-corrected chi connectivity index (χ1v) is 13.6. The molecule has 2 rings (SSSR count). The fourth-order valence-corrected chi connectivity index (χ4v) is 2.07. The lowest BCUT2D eigenvalue weighted by Gasteiger charge is -2.07. The fourth-order valence-electron chi connectivity index (χ4n) is 2.07. The molecule has 5 atom stereocenters. The van der Waals surface area contributed by atoms with Gasteiger partial charge in [0.25, 0.3) is 0 Å². The quantitative estimate of drug-likeness (QED) is 0.108. The maximum absolute atomic E-state index is 10.6. The van der Waals surface area contributed by atoms with Crippen LogP contribution in [0.15, 0.2) is 30.5 Å². The molecule has 21 N–H and O–H groups in total. The minimum Gasteiger partial charge on any atom is -0.480 e. The van der Waals surface area contributed by atoms with Crippen LogP contribution in [0.5, 0.6) is 0 Å². The van der Waals surface area contributed by atoms with Gasteiger partial charge >= 0.3 is 35.8 Å². The molecule has 1 aromatic carbocycles. The molecule has 0 aliphatic carbocycles. The topological polar surface area (TPSA) is 436 Å². The van der Waals surface area contributed by atoms with Crippen molar-refractivity contribution < 1.29 is 69.6 Å². The first kappa shape index (κ1) is 50.1. The molecular weight excluding hydrogens is 646 g/mol. The lowest BCUT2D eigenvalue weighted by atomic mass is 10.1. The van der Waals surface area contributed by atoms with Gasteiger partial charge in [-0.05, 0) is 24.5 Å². The smallest absolute Gasteiger partial charge is 0.322 e. The molecule has 0 fully saturated rings. The molecular formula is C27H49N7O14. The normalized spacial score (nSPS) is 12.8. The van der Waals surface area contributed by atoms with Crippen LogP contribution in [-0.4, -0.2) is 132 Å². The van der Waals surface area contributed by atoms with Gasteiger partial charge in [0.15, 0.2) is 0 Å². The van der Waals surface area contributed by atoms with Gasteiger partial charge in [-0.2, -0.15) is 0 Å². The van der Waals surface area contributed by atoms with Crippen LogP contribution >= 0.6 is 0 Å². The maximum atomic E-state index is 10.6. The van der Waals surface area contributed by atoms with E-state index in [2.05, 4.69) is 10.7 Å². The highest BCUT2D eigenvalue weighted by Crippen LogP contribution is 2.18. The minimum absolute atomic E-state index is 0.0208. The Hall–Kier alpha value is -4.74. The van der Waals surface area contributed by atoms with Crippen molar-refractivity contribution in [3.05, 3.63) is 36.0 Å². The zero-order chi connectivity index (χ0) is 38.7. The van der Waals surface area contributed by atoms with E-state index < -0.39 is 79.2 Å². The second-order valence-corrected chi connectivity index (χ2v) is 9.60. The van der Waals surface area contributed by atoms with Crippen molar-refractivity contribution in [2.75, 3.05) is 19.8 Å². The molecule has 21 nitrogen and oxygen atoms in total. The first-order chi connectivity index (χ1) is 22.0. The molecule has 276 valence electrons. The van der Waals surface area contributed by atoms with Gasteiger partial charge in [-0.1, -0.05) is 32.0 Å². The van der Waals surface area contributed by atoms with Gasteiger partial charge < -0.3 is 80.2 Å².